The molecule has 0 spiro atoms. The molecule has 0 aromatic carbocycles. The van der Waals surface area contributed by atoms with E-state index >= 15 is 0 Å². The third-order valence-corrected chi connectivity index (χ3v) is 5.97. The predicted octanol–water partition coefficient (Wildman–Crippen LogP) is 0.973. The first-order chi connectivity index (χ1) is 11.3. The molecule has 7 nitrogen and oxygen atoms in total. The van der Waals surface area contributed by atoms with Crippen molar-refractivity contribution < 1.29 is 32.9 Å². The van der Waals surface area contributed by atoms with Crippen LogP contribution in [0, 0.1) is 5.92 Å². The van der Waals surface area contributed by atoms with Crippen LogP contribution in [0.1, 0.15) is 20.3 Å². The summed E-state index contributed by atoms with van der Waals surface area (Å²) in [5, 5.41) is 0. The summed E-state index contributed by atoms with van der Waals surface area (Å²) < 4.78 is 32.9. The predicted molar refractivity (Wildman–Crippen MR) is 92.5 cm³/mol. The zero-order valence-corrected chi connectivity index (χ0v) is 16.2. The molecule has 2 unspecified atom stereocenters. The smallest absolute Gasteiger partial charge is 0.324 e. The fourth-order valence-electron chi connectivity index (χ4n) is 3.06. The van der Waals surface area contributed by atoms with E-state index in [1.165, 1.54) is 0 Å². The fourth-order valence-corrected chi connectivity index (χ4v) is 4.57. The van der Waals surface area contributed by atoms with Gasteiger partial charge < -0.3 is 32.9 Å². The van der Waals surface area contributed by atoms with Gasteiger partial charge in [-0.15, -0.1) is 0 Å². The molecule has 8 atom stereocenters. The maximum atomic E-state index is 10.4. The fraction of sp³-hybridized carbons (Fsp3) is 1.00. The van der Waals surface area contributed by atoms with Crippen LogP contribution in [-0.2, 0) is 39.8 Å². The van der Waals surface area contributed by atoms with Crippen molar-refractivity contribution in [1.82, 2.24) is 0 Å². The quantitative estimate of drug-likeness (QED) is 0.493. The van der Waals surface area contributed by atoms with E-state index < -0.39 is 24.9 Å². The molecule has 2 aliphatic rings. The van der Waals surface area contributed by atoms with Gasteiger partial charge in [-0.25, -0.2) is 0 Å². The van der Waals surface area contributed by atoms with Crippen LogP contribution in [0.3, 0.4) is 0 Å². The van der Waals surface area contributed by atoms with Crippen LogP contribution in [0.2, 0.25) is 0 Å². The van der Waals surface area contributed by atoms with Crippen molar-refractivity contribution in [3.8, 4) is 0 Å². The van der Waals surface area contributed by atoms with Crippen molar-refractivity contribution in [2.75, 3.05) is 27.4 Å². The molecule has 2 aliphatic heterocycles. The van der Waals surface area contributed by atoms with Crippen LogP contribution in [0.25, 0.3) is 0 Å². The molecule has 0 aliphatic carbocycles. The van der Waals surface area contributed by atoms with Crippen LogP contribution in [0.4, 0.5) is 0 Å². The van der Waals surface area contributed by atoms with Gasteiger partial charge in [0.05, 0.1) is 31.5 Å². The van der Waals surface area contributed by atoms with Gasteiger partial charge in [0.15, 0.2) is 0 Å². The average Bonchev–Trinajstić information content (AvgIpc) is 3.00. The van der Waals surface area contributed by atoms with E-state index in [0.29, 0.717) is 6.61 Å². The highest BCUT2D eigenvalue weighted by atomic mass is 32.5. The van der Waals surface area contributed by atoms with Crippen molar-refractivity contribution in [3.05, 3.63) is 0 Å². The number of hydrogen-bond acceptors (Lipinski definition) is 7. The third kappa shape index (κ3) is 5.22. The Morgan fingerprint density at radius 3 is 2.54 bits per heavy atom. The molecule has 2 fully saturated rings. The Labute approximate surface area is 149 Å². The summed E-state index contributed by atoms with van der Waals surface area (Å²) in [4.78, 5) is 10.4. The lowest BCUT2D eigenvalue weighted by Crippen LogP contribution is -2.32. The minimum Gasteiger partial charge on any atom is -0.382 e. The zero-order valence-electron chi connectivity index (χ0n) is 14.5. The first-order valence-electron chi connectivity index (χ1n) is 8.01. The topological polar surface area (TPSA) is 75.6 Å². The number of methoxy groups -OCH3 is 2. The third-order valence-electron chi connectivity index (χ3n) is 4.41. The van der Waals surface area contributed by atoms with Gasteiger partial charge in [0.1, 0.15) is 20.1 Å². The average molecular weight is 380 g/mol. The summed E-state index contributed by atoms with van der Waals surface area (Å²) in [6, 6.07) is -0.498. The number of hydrogen-bond donors (Lipinski definition) is 1. The van der Waals surface area contributed by atoms with Gasteiger partial charge in [-0.3, -0.25) is 0 Å². The lowest BCUT2D eigenvalue weighted by Gasteiger charge is -2.27. The molecule has 24 heavy (non-hydrogen) atoms. The van der Waals surface area contributed by atoms with E-state index in [0.717, 1.165) is 6.42 Å². The molecule has 2 heterocycles. The molecular formula is C14H26BO7PS. The van der Waals surface area contributed by atoms with Gasteiger partial charge in [-0.05, 0) is 18.7 Å². The minimum absolute atomic E-state index is 0.0772. The lowest BCUT2D eigenvalue weighted by molar-refractivity contribution is -0.0367. The monoisotopic (exact) mass is 380 g/mol. The standard InChI is InChI=1S/C14H26BO7PS/c1-8-5-10(18-4)11(20-8)7-19-23(16,24)22-13-9(2)14(15)21-12(13)6-17-3/h8-14H,5-7H2,1-4H3,(H,16,24)/t8-,9?,10+,11+,12+,13+,14+,23?/m0/s1. The van der Waals surface area contributed by atoms with Gasteiger partial charge in [0.25, 0.3) is 0 Å². The van der Waals surface area contributed by atoms with Crippen LogP contribution in [0.5, 0.6) is 0 Å². The van der Waals surface area contributed by atoms with Crippen molar-refractivity contribution in [1.29, 1.82) is 0 Å². The molecule has 1 N–H and O–H groups in total. The maximum Gasteiger partial charge on any atom is 0.324 e. The molecule has 0 aromatic rings. The summed E-state index contributed by atoms with van der Waals surface area (Å²) in [6.07, 6.45) is -0.396. The van der Waals surface area contributed by atoms with E-state index in [1.807, 2.05) is 13.8 Å². The molecule has 2 rings (SSSR count). The maximum absolute atomic E-state index is 10.4. The molecule has 2 radical (unpaired) electrons. The van der Waals surface area contributed by atoms with Crippen LogP contribution >= 0.6 is 6.72 Å². The van der Waals surface area contributed by atoms with Crippen LogP contribution in [0.15, 0.2) is 0 Å². The SMILES string of the molecule is [B][C@@H]1O[C@H](COC)[C@H](OP(O)(=S)OC[C@H]2O[C@@H](C)C[C@H]2OC)C1C. The van der Waals surface area contributed by atoms with Crippen molar-refractivity contribution >= 4 is 26.4 Å². The van der Waals surface area contributed by atoms with E-state index in [2.05, 4.69) is 0 Å². The zero-order chi connectivity index (χ0) is 17.9. The Morgan fingerprint density at radius 2 is 1.92 bits per heavy atom. The molecular weight excluding hydrogens is 354 g/mol. The van der Waals surface area contributed by atoms with Gasteiger partial charge in [-0.1, -0.05) is 6.92 Å². The first kappa shape index (κ1) is 20.7. The van der Waals surface area contributed by atoms with Gasteiger partial charge in [0.2, 0.25) is 0 Å². The van der Waals surface area contributed by atoms with Crippen LogP contribution in [-0.4, -0.2) is 76.7 Å². The molecule has 0 bridgehead atoms. The van der Waals surface area contributed by atoms with Crippen molar-refractivity contribution in [3.63, 3.8) is 0 Å². The second kappa shape index (κ2) is 8.89. The summed E-state index contributed by atoms with van der Waals surface area (Å²) in [5.74, 6) is -0.141. The Balaban J connectivity index is 1.91. The van der Waals surface area contributed by atoms with Crippen LogP contribution < -0.4 is 0 Å². The Bertz CT molecular complexity index is 457. The van der Waals surface area contributed by atoms with Crippen molar-refractivity contribution in [2.45, 2.75) is 56.8 Å². The second-order valence-electron chi connectivity index (χ2n) is 6.28. The first-order valence-corrected chi connectivity index (χ1v) is 10.6. The normalized spacial score (nSPS) is 42.3. The number of rotatable bonds is 8. The molecule has 10 heteroatoms. The summed E-state index contributed by atoms with van der Waals surface area (Å²) in [6.45, 7) is 0.782. The van der Waals surface area contributed by atoms with Gasteiger partial charge in [0, 0.05) is 32.6 Å². The van der Waals surface area contributed by atoms with Crippen molar-refractivity contribution in [2.24, 2.45) is 5.92 Å². The van der Waals surface area contributed by atoms with Gasteiger partial charge in [-0.2, -0.15) is 0 Å². The Hall–Kier alpha value is 0.435. The lowest BCUT2D eigenvalue weighted by atomic mass is 9.86. The van der Waals surface area contributed by atoms with E-state index in [9.17, 15) is 4.89 Å². The highest BCUT2D eigenvalue weighted by molar-refractivity contribution is 8.07. The molecule has 138 valence electrons. The van der Waals surface area contributed by atoms with E-state index in [1.54, 1.807) is 14.2 Å². The van der Waals surface area contributed by atoms with E-state index in [-0.39, 0.29) is 30.8 Å². The molecule has 0 amide bonds. The molecule has 0 aromatic heterocycles. The highest BCUT2D eigenvalue weighted by Crippen LogP contribution is 2.49. The Kier molecular flexibility index (Phi) is 7.68. The largest absolute Gasteiger partial charge is 0.382 e. The number of ether oxygens (including phenoxy) is 4. The highest BCUT2D eigenvalue weighted by Gasteiger charge is 2.43. The molecule has 0 saturated carbocycles. The Morgan fingerprint density at radius 1 is 1.21 bits per heavy atom. The van der Waals surface area contributed by atoms with E-state index in [4.69, 9.17) is 47.6 Å². The second-order valence-corrected chi connectivity index (χ2v) is 9.07. The minimum atomic E-state index is -3.47. The van der Waals surface area contributed by atoms with Gasteiger partial charge >= 0.3 is 6.72 Å². The summed E-state index contributed by atoms with van der Waals surface area (Å²) in [5.41, 5.74) is 0. The summed E-state index contributed by atoms with van der Waals surface area (Å²) >= 11 is 5.14. The summed E-state index contributed by atoms with van der Waals surface area (Å²) in [7, 11) is 9.08. The molecule has 2 saturated heterocycles.